The molecule has 2 aromatic rings. The second-order valence-corrected chi connectivity index (χ2v) is 8.42. The second kappa shape index (κ2) is 11.5. The van der Waals surface area contributed by atoms with Crippen molar-refractivity contribution in [2.75, 3.05) is 17.7 Å². The third-order valence-electron chi connectivity index (χ3n) is 4.32. The molecule has 8 heteroatoms. The van der Waals surface area contributed by atoms with E-state index in [1.807, 2.05) is 27.7 Å². The van der Waals surface area contributed by atoms with Gasteiger partial charge < -0.3 is 15.0 Å². The summed E-state index contributed by atoms with van der Waals surface area (Å²) >= 11 is 1.17. The molecule has 6 nitrogen and oxygen atoms in total. The Hall–Kier alpha value is -2.87. The van der Waals surface area contributed by atoms with Crippen LogP contribution in [0.3, 0.4) is 0 Å². The minimum atomic E-state index is -0.622. The summed E-state index contributed by atoms with van der Waals surface area (Å²) in [6, 6.07) is 12.2. The normalized spacial score (nSPS) is 10.8. The first-order chi connectivity index (χ1) is 14.7. The molecular weight excluding hydrogens is 419 g/mol. The van der Waals surface area contributed by atoms with Crippen LogP contribution in [0.25, 0.3) is 0 Å². The van der Waals surface area contributed by atoms with Gasteiger partial charge in [0, 0.05) is 22.7 Å². The number of thioether (sulfide) groups is 1. The summed E-state index contributed by atoms with van der Waals surface area (Å²) in [4.78, 5) is 39.4. The van der Waals surface area contributed by atoms with Gasteiger partial charge in [0.05, 0.1) is 11.3 Å². The maximum atomic E-state index is 13.0. The number of hydrogen-bond acceptors (Lipinski definition) is 5. The molecule has 0 heterocycles. The molecule has 0 aliphatic carbocycles. The Labute approximate surface area is 186 Å². The highest BCUT2D eigenvalue weighted by atomic mass is 32.2. The van der Waals surface area contributed by atoms with Crippen molar-refractivity contribution in [3.63, 3.8) is 0 Å². The van der Waals surface area contributed by atoms with Crippen LogP contribution < -0.4 is 5.32 Å². The smallest absolute Gasteiger partial charge is 0.339 e. The fraction of sp³-hybridized carbons (Fsp3) is 0.348. The van der Waals surface area contributed by atoms with E-state index in [-0.39, 0.29) is 47.6 Å². The number of anilines is 1. The fourth-order valence-corrected chi connectivity index (χ4v) is 3.93. The molecule has 0 bridgehead atoms. The maximum absolute atomic E-state index is 13.0. The predicted molar refractivity (Wildman–Crippen MR) is 120 cm³/mol. The van der Waals surface area contributed by atoms with E-state index in [1.165, 1.54) is 36.0 Å². The summed E-state index contributed by atoms with van der Waals surface area (Å²) in [5.41, 5.74) is 0.772. The number of ether oxygens (including phenoxy) is 1. The van der Waals surface area contributed by atoms with Crippen molar-refractivity contribution >= 4 is 35.2 Å². The van der Waals surface area contributed by atoms with Crippen molar-refractivity contribution < 1.29 is 23.5 Å². The van der Waals surface area contributed by atoms with Gasteiger partial charge >= 0.3 is 5.97 Å². The van der Waals surface area contributed by atoms with Gasteiger partial charge in [0.25, 0.3) is 5.91 Å². The molecule has 0 aromatic heterocycles. The number of hydrogen-bond donors (Lipinski definition) is 1. The highest BCUT2D eigenvalue weighted by Gasteiger charge is 2.22. The molecule has 0 atom stereocenters. The number of carbonyl (C=O) groups is 3. The van der Waals surface area contributed by atoms with Crippen molar-refractivity contribution in [3.8, 4) is 0 Å². The lowest BCUT2D eigenvalue weighted by molar-refractivity contribution is -0.138. The van der Waals surface area contributed by atoms with Crippen LogP contribution in [-0.4, -0.2) is 47.1 Å². The highest BCUT2D eigenvalue weighted by molar-refractivity contribution is 8.00. The number of carbonyl (C=O) groups excluding carboxylic acids is 3. The topological polar surface area (TPSA) is 75.7 Å². The molecule has 0 aliphatic heterocycles. The molecule has 0 saturated carbocycles. The van der Waals surface area contributed by atoms with Crippen LogP contribution in [0.2, 0.25) is 0 Å². The molecule has 0 aliphatic rings. The Morgan fingerprint density at radius 3 is 2.23 bits per heavy atom. The minimum absolute atomic E-state index is 0.00587. The minimum Gasteiger partial charge on any atom is -0.452 e. The summed E-state index contributed by atoms with van der Waals surface area (Å²) < 4.78 is 18.2. The van der Waals surface area contributed by atoms with Crippen molar-refractivity contribution in [2.24, 2.45) is 0 Å². The van der Waals surface area contributed by atoms with Crippen LogP contribution in [0.1, 0.15) is 38.1 Å². The number of nitrogens with zero attached hydrogens (tertiary/aromatic N) is 1. The van der Waals surface area contributed by atoms with Gasteiger partial charge in [0.2, 0.25) is 5.91 Å². The van der Waals surface area contributed by atoms with E-state index in [9.17, 15) is 18.8 Å². The molecule has 0 saturated heterocycles. The summed E-state index contributed by atoms with van der Waals surface area (Å²) in [5, 5.41) is 2.67. The number of esters is 1. The summed E-state index contributed by atoms with van der Waals surface area (Å²) in [5.74, 6) is -1.51. The van der Waals surface area contributed by atoms with Crippen LogP contribution in [0.15, 0.2) is 53.4 Å². The molecule has 31 heavy (non-hydrogen) atoms. The van der Waals surface area contributed by atoms with E-state index in [1.54, 1.807) is 29.2 Å². The van der Waals surface area contributed by atoms with Crippen LogP contribution in [0.4, 0.5) is 10.1 Å². The Bertz CT molecular complexity index is 908. The lowest BCUT2D eigenvalue weighted by Gasteiger charge is -2.30. The SMILES string of the molecule is CC(C)N(C(=O)COC(=O)c1ccccc1SCC(=O)Nc1ccc(F)cc1)C(C)C. The second-order valence-electron chi connectivity index (χ2n) is 7.40. The summed E-state index contributed by atoms with van der Waals surface area (Å²) in [6.45, 7) is 7.27. The van der Waals surface area contributed by atoms with Crippen molar-refractivity contribution in [3.05, 3.63) is 59.9 Å². The quantitative estimate of drug-likeness (QED) is 0.458. The van der Waals surface area contributed by atoms with Crippen molar-refractivity contribution in [1.29, 1.82) is 0 Å². The predicted octanol–water partition coefficient (Wildman–Crippen LogP) is 4.36. The van der Waals surface area contributed by atoms with Crippen molar-refractivity contribution in [2.45, 2.75) is 44.7 Å². The third-order valence-corrected chi connectivity index (χ3v) is 5.39. The monoisotopic (exact) mass is 446 g/mol. The number of rotatable bonds is 9. The van der Waals surface area contributed by atoms with Gasteiger partial charge in [-0.25, -0.2) is 9.18 Å². The molecule has 2 rings (SSSR count). The van der Waals surface area contributed by atoms with E-state index in [4.69, 9.17) is 4.74 Å². The number of halogens is 1. The average Bonchev–Trinajstić information content (AvgIpc) is 2.72. The van der Waals surface area contributed by atoms with E-state index in [2.05, 4.69) is 5.32 Å². The molecule has 2 aromatic carbocycles. The highest BCUT2D eigenvalue weighted by Crippen LogP contribution is 2.24. The van der Waals surface area contributed by atoms with Crippen molar-refractivity contribution in [1.82, 2.24) is 4.90 Å². The first kappa shape index (κ1) is 24.4. The van der Waals surface area contributed by atoms with Crippen LogP contribution in [0.5, 0.6) is 0 Å². The zero-order valence-electron chi connectivity index (χ0n) is 18.1. The summed E-state index contributed by atoms with van der Waals surface area (Å²) in [6.07, 6.45) is 0. The molecular formula is C23H27FN2O4S. The lowest BCUT2D eigenvalue weighted by atomic mass is 10.2. The molecule has 0 unspecified atom stereocenters. The maximum Gasteiger partial charge on any atom is 0.339 e. The Balaban J connectivity index is 1.96. The standard InChI is InChI=1S/C23H27FN2O4S/c1-15(2)26(16(3)4)22(28)13-30-23(29)19-7-5-6-8-20(19)31-14-21(27)25-18-11-9-17(24)10-12-18/h5-12,15-16H,13-14H2,1-4H3,(H,25,27). The molecule has 0 spiro atoms. The van der Waals surface area contributed by atoms with E-state index < -0.39 is 5.97 Å². The Morgan fingerprint density at radius 2 is 1.61 bits per heavy atom. The number of nitrogens with one attached hydrogen (secondary N) is 1. The van der Waals surface area contributed by atoms with E-state index >= 15 is 0 Å². The lowest BCUT2D eigenvalue weighted by Crippen LogP contribution is -2.44. The molecule has 2 amide bonds. The van der Waals surface area contributed by atoms with Gasteiger partial charge in [-0.15, -0.1) is 11.8 Å². The summed E-state index contributed by atoms with van der Waals surface area (Å²) in [7, 11) is 0. The van der Waals surface area contributed by atoms with Crippen LogP contribution in [-0.2, 0) is 14.3 Å². The first-order valence-corrected chi connectivity index (χ1v) is 10.9. The molecule has 1 N–H and O–H groups in total. The van der Waals surface area contributed by atoms with Gasteiger partial charge in [-0.3, -0.25) is 9.59 Å². The largest absolute Gasteiger partial charge is 0.452 e. The molecule has 0 radical (unpaired) electrons. The van der Waals surface area contributed by atoms with Gasteiger partial charge in [0.1, 0.15) is 5.82 Å². The van der Waals surface area contributed by atoms with Crippen LogP contribution >= 0.6 is 11.8 Å². The first-order valence-electron chi connectivity index (χ1n) is 9.94. The zero-order chi connectivity index (χ0) is 23.0. The van der Waals surface area contributed by atoms with Crippen LogP contribution in [0, 0.1) is 5.82 Å². The Kier molecular flexibility index (Phi) is 9.05. The fourth-order valence-electron chi connectivity index (χ4n) is 3.09. The van der Waals surface area contributed by atoms with Gasteiger partial charge in [-0.1, -0.05) is 12.1 Å². The Morgan fingerprint density at radius 1 is 1.00 bits per heavy atom. The average molecular weight is 447 g/mol. The number of amides is 2. The molecule has 166 valence electrons. The van der Waals surface area contributed by atoms with E-state index in [0.717, 1.165) is 0 Å². The van der Waals surface area contributed by atoms with Gasteiger partial charge in [-0.2, -0.15) is 0 Å². The zero-order valence-corrected chi connectivity index (χ0v) is 18.9. The van der Waals surface area contributed by atoms with Gasteiger partial charge in [0.15, 0.2) is 6.61 Å². The number of benzene rings is 2. The molecule has 0 fully saturated rings. The third kappa shape index (κ3) is 7.40. The van der Waals surface area contributed by atoms with E-state index in [0.29, 0.717) is 10.6 Å². The van der Waals surface area contributed by atoms with Gasteiger partial charge in [-0.05, 0) is 64.1 Å².